The molecule has 0 aliphatic rings. The van der Waals surface area contributed by atoms with Gasteiger partial charge in [0, 0.05) is 19.3 Å². The maximum Gasteiger partial charge on any atom is 0.472 e. The smallest absolute Gasteiger partial charge is 0.463 e. The zero-order chi connectivity index (χ0) is 76.6. The number of aliphatic hydroxyl groups is 2. The second kappa shape index (κ2) is 78.5. The number of aliphatic hydroxyl groups excluding tert-OH is 2. The highest BCUT2D eigenvalue weighted by atomic mass is 31.2. The lowest BCUT2D eigenvalue weighted by molar-refractivity contribution is -0.161. The van der Waals surface area contributed by atoms with E-state index in [1.807, 2.05) is 0 Å². The molecule has 0 aliphatic carbocycles. The Morgan fingerprint density at radius 1 is 0.267 bits per heavy atom. The number of ether oxygens (including phenoxy) is 3. The van der Waals surface area contributed by atoms with Crippen molar-refractivity contribution in [1.82, 2.24) is 0 Å². The van der Waals surface area contributed by atoms with Gasteiger partial charge in [-0.1, -0.05) is 306 Å². The third kappa shape index (κ3) is 79.8. The summed E-state index contributed by atoms with van der Waals surface area (Å²) in [5.41, 5.74) is 0. The number of hydrogen-bond donors (Lipinski definition) is 4. The highest BCUT2D eigenvalue weighted by molar-refractivity contribution is 7.47. The van der Waals surface area contributed by atoms with Crippen LogP contribution in [0.3, 0.4) is 0 Å². The molecule has 105 heavy (non-hydrogen) atoms. The Morgan fingerprint density at radius 3 is 0.771 bits per heavy atom. The number of esters is 3. The second-order valence-electron chi connectivity index (χ2n) is 26.4. The van der Waals surface area contributed by atoms with Crippen molar-refractivity contribution in [3.63, 3.8) is 0 Å². The number of carbonyl (C=O) groups is 3. The highest BCUT2D eigenvalue weighted by Crippen LogP contribution is 2.45. The van der Waals surface area contributed by atoms with Crippen LogP contribution in [0.25, 0.3) is 0 Å². The molecule has 0 radical (unpaired) electrons. The minimum Gasteiger partial charge on any atom is -0.463 e. The molecule has 0 saturated carbocycles. The fourth-order valence-electron chi connectivity index (χ4n) is 10.4. The van der Waals surface area contributed by atoms with Crippen LogP contribution >= 0.6 is 15.6 Å². The summed E-state index contributed by atoms with van der Waals surface area (Å²) in [5, 5.41) is 20.6. The average Bonchev–Trinajstić information content (AvgIpc) is 0.912. The Labute approximate surface area is 637 Å². The van der Waals surface area contributed by atoms with Crippen molar-refractivity contribution in [2.45, 2.75) is 322 Å². The maximum absolute atomic E-state index is 13.0. The van der Waals surface area contributed by atoms with Gasteiger partial charge in [0.05, 0.1) is 26.4 Å². The highest BCUT2D eigenvalue weighted by Gasteiger charge is 2.29. The Bertz CT molecular complexity index is 2590. The van der Waals surface area contributed by atoms with Crippen LogP contribution in [0.4, 0.5) is 0 Å². The van der Waals surface area contributed by atoms with Gasteiger partial charge in [-0.15, -0.1) is 0 Å². The van der Waals surface area contributed by atoms with Gasteiger partial charge < -0.3 is 34.2 Å². The van der Waals surface area contributed by atoms with Gasteiger partial charge in [-0.05, 0) is 148 Å². The van der Waals surface area contributed by atoms with Gasteiger partial charge in [0.15, 0.2) is 6.10 Å². The van der Waals surface area contributed by atoms with Crippen molar-refractivity contribution < 1.29 is 75.8 Å². The molecule has 0 aromatic rings. The van der Waals surface area contributed by atoms with E-state index in [0.29, 0.717) is 19.3 Å². The lowest BCUT2D eigenvalue weighted by Crippen LogP contribution is -2.30. The predicted molar refractivity (Wildman–Crippen MR) is 435 cm³/mol. The van der Waals surface area contributed by atoms with Gasteiger partial charge >= 0.3 is 33.6 Å². The number of phosphoric acid groups is 2. The van der Waals surface area contributed by atoms with Crippen LogP contribution in [0.15, 0.2) is 170 Å². The van der Waals surface area contributed by atoms with Crippen molar-refractivity contribution in [3.05, 3.63) is 170 Å². The molecule has 0 rings (SSSR count). The average molecular weight is 1510 g/mol. The summed E-state index contributed by atoms with van der Waals surface area (Å²) in [6.07, 6.45) is 99.9. The monoisotopic (exact) mass is 1510 g/mol. The van der Waals surface area contributed by atoms with Gasteiger partial charge in [0.2, 0.25) is 0 Å². The Kier molecular flexibility index (Phi) is 74.7. The number of allylic oxidation sites excluding steroid dienone is 28. The van der Waals surface area contributed by atoms with Gasteiger partial charge in [-0.25, -0.2) is 9.13 Å². The molecule has 5 unspecified atom stereocenters. The number of rotatable bonds is 75. The minimum atomic E-state index is -4.95. The van der Waals surface area contributed by atoms with E-state index in [4.69, 9.17) is 32.3 Å². The molecule has 0 aliphatic heterocycles. The number of hydrogen-bond acceptors (Lipinski definition) is 14. The van der Waals surface area contributed by atoms with E-state index in [2.05, 4.69) is 191 Å². The molecule has 0 saturated heterocycles. The molecule has 16 nitrogen and oxygen atoms in total. The Morgan fingerprint density at radius 2 is 0.476 bits per heavy atom. The van der Waals surface area contributed by atoms with Crippen molar-refractivity contribution in [1.29, 1.82) is 0 Å². The standard InChI is InChI=1S/C87H144O16P2/c1-4-7-10-13-16-19-22-25-28-30-32-34-35-36-37-38-39-40-41-42-43-44-45-47-49-50-53-55-58-61-64-67-70-73-85(90)97-76-82(88)77-99-104(93,94)100-78-83(89)79-101-105(95,96)102-81-84(103-87(92)75-72-69-66-63-60-57-52-27-24-21-18-15-12-9-6-3)80-98-86(91)74-71-68-65-62-59-56-54-51-48-46-33-31-29-26-23-20-17-14-11-8-5-2/h7-12,16-21,25-29,32-34,36-37,46,51-52,54,59,62,82-84,88-89H,4-6,13-15,22-24,30-31,35,38-45,47-50,53,55-58,60-61,63-81H2,1-3H3,(H,93,94)(H,95,96)/b10-7-,11-8-,12-9-,19-16-,20-17-,21-18-,28-25-,29-26-,34-32-,37-36-,46-33-,52-27-,54-51-,62-59-. The lowest BCUT2D eigenvalue weighted by Gasteiger charge is -2.21. The predicted octanol–water partition coefficient (Wildman–Crippen LogP) is 24.0. The molecule has 0 aromatic carbocycles. The van der Waals surface area contributed by atoms with Crippen LogP contribution in [0.2, 0.25) is 0 Å². The van der Waals surface area contributed by atoms with E-state index in [0.717, 1.165) is 154 Å². The molecule has 0 fully saturated rings. The first kappa shape index (κ1) is 99.9. The minimum absolute atomic E-state index is 0.0698. The fraction of sp³-hybridized carbons (Fsp3) is 0.644. The molecule has 0 heterocycles. The normalized spacial score (nSPS) is 14.8. The molecular formula is C87H144O16P2. The van der Waals surface area contributed by atoms with E-state index < -0.39 is 91.5 Å². The molecule has 18 heteroatoms. The first-order chi connectivity index (χ1) is 51.2. The zero-order valence-electron chi connectivity index (χ0n) is 65.3. The third-order valence-electron chi connectivity index (χ3n) is 16.4. The van der Waals surface area contributed by atoms with E-state index in [-0.39, 0.29) is 19.3 Å². The largest absolute Gasteiger partial charge is 0.472 e. The molecule has 4 N–H and O–H groups in total. The molecular weight excluding hydrogens is 1360 g/mol. The van der Waals surface area contributed by atoms with Gasteiger partial charge in [-0.2, -0.15) is 0 Å². The quantitative estimate of drug-likeness (QED) is 0.0146. The molecule has 598 valence electrons. The van der Waals surface area contributed by atoms with Crippen molar-refractivity contribution in [3.8, 4) is 0 Å². The summed E-state index contributed by atoms with van der Waals surface area (Å²) < 4.78 is 61.1. The lowest BCUT2D eigenvalue weighted by atomic mass is 10.0. The van der Waals surface area contributed by atoms with E-state index in [1.54, 1.807) is 0 Å². The van der Waals surface area contributed by atoms with Gasteiger partial charge in [0.1, 0.15) is 25.4 Å². The molecule has 0 amide bonds. The van der Waals surface area contributed by atoms with E-state index >= 15 is 0 Å². The van der Waals surface area contributed by atoms with Gasteiger partial charge in [-0.3, -0.25) is 32.5 Å². The van der Waals surface area contributed by atoms with Gasteiger partial charge in [0.25, 0.3) is 0 Å². The number of phosphoric ester groups is 2. The van der Waals surface area contributed by atoms with Crippen LogP contribution < -0.4 is 0 Å². The van der Waals surface area contributed by atoms with Crippen LogP contribution in [0.5, 0.6) is 0 Å². The first-order valence-electron chi connectivity index (χ1n) is 40.4. The number of carbonyl (C=O) groups excluding carboxylic acids is 3. The summed E-state index contributed by atoms with van der Waals surface area (Å²) in [4.78, 5) is 58.6. The van der Waals surface area contributed by atoms with Crippen LogP contribution in [-0.2, 0) is 55.8 Å². The van der Waals surface area contributed by atoms with Crippen LogP contribution in [0, 0.1) is 0 Å². The zero-order valence-corrected chi connectivity index (χ0v) is 67.1. The Hall–Kier alpha value is -5.09. The summed E-state index contributed by atoms with van der Waals surface area (Å²) >= 11 is 0. The van der Waals surface area contributed by atoms with E-state index in [9.17, 15) is 43.5 Å². The summed E-state index contributed by atoms with van der Waals surface area (Å²) in [5.74, 6) is -1.65. The second-order valence-corrected chi connectivity index (χ2v) is 29.3. The van der Waals surface area contributed by atoms with Crippen molar-refractivity contribution in [2.75, 3.05) is 39.6 Å². The molecule has 0 bridgehead atoms. The van der Waals surface area contributed by atoms with Crippen molar-refractivity contribution >= 4 is 33.6 Å². The molecule has 0 aromatic heterocycles. The summed E-state index contributed by atoms with van der Waals surface area (Å²) in [7, 11) is -9.82. The van der Waals surface area contributed by atoms with Crippen LogP contribution in [0.1, 0.15) is 303 Å². The fourth-order valence-corrected chi connectivity index (χ4v) is 12.0. The molecule has 0 spiro atoms. The topological polar surface area (TPSA) is 231 Å². The van der Waals surface area contributed by atoms with Crippen molar-refractivity contribution in [2.24, 2.45) is 0 Å². The maximum atomic E-state index is 13.0. The first-order valence-corrected chi connectivity index (χ1v) is 43.4. The van der Waals surface area contributed by atoms with E-state index in [1.165, 1.54) is 89.9 Å². The summed E-state index contributed by atoms with van der Waals surface area (Å²) in [6, 6.07) is 0. The van der Waals surface area contributed by atoms with Crippen LogP contribution in [-0.4, -0.2) is 95.9 Å². The number of unbranched alkanes of at least 4 members (excludes halogenated alkanes) is 24. The summed E-state index contributed by atoms with van der Waals surface area (Å²) in [6.45, 7) is 2.26. The third-order valence-corrected chi connectivity index (χ3v) is 18.3. The SMILES string of the molecule is CC/C=C\C/C=C\C/C=C\C/C=C\C/C=C\C/C=C\CCCCC(=O)OCC(COP(=O)(O)OCC(O)COP(=O)(O)OCC(O)COC(=O)CCCCCCCCCCCCCCCCCCC/C=C\C/C=C\C/C=C\C/C=C\C/C=C\CC)OC(=O)CCCCCCC/C=C\C/C=C\C/C=C\CC. The molecule has 5 atom stereocenters. The Balaban J connectivity index is 4.50.